The van der Waals surface area contributed by atoms with Crippen LogP contribution in [0.4, 0.5) is 4.79 Å². The first-order valence-electron chi connectivity index (χ1n) is 8.36. The van der Waals surface area contributed by atoms with Gasteiger partial charge in [0, 0.05) is 50.0 Å². The van der Waals surface area contributed by atoms with Crippen molar-refractivity contribution in [3.63, 3.8) is 0 Å². The minimum absolute atomic E-state index is 0.0107. The van der Waals surface area contributed by atoms with E-state index < -0.39 is 0 Å². The number of thiazole rings is 1. The second kappa shape index (κ2) is 8.15. The molecule has 2 aromatic rings. The van der Waals surface area contributed by atoms with Gasteiger partial charge in [-0.05, 0) is 12.1 Å². The maximum Gasteiger partial charge on any atom is 0.317 e. The topological polar surface area (TPSA) is 54.5 Å². The molecule has 6 heteroatoms. The molecule has 0 aliphatic carbocycles. The van der Waals surface area contributed by atoms with Crippen LogP contribution in [0.5, 0.6) is 5.75 Å². The number of aromatic nitrogens is 1. The number of urea groups is 1. The van der Waals surface area contributed by atoms with Crippen LogP contribution in [0.3, 0.4) is 0 Å². The smallest absolute Gasteiger partial charge is 0.317 e. The maximum absolute atomic E-state index is 12.3. The number of nitrogens with one attached hydrogen (secondary N) is 1. The van der Waals surface area contributed by atoms with Gasteiger partial charge >= 0.3 is 6.03 Å². The van der Waals surface area contributed by atoms with Gasteiger partial charge in [0.2, 0.25) is 0 Å². The SMILES string of the molecule is C[C@@H](CNC(=O)N1CCC(Oc2ccccc2)CC1)c1nccs1. The van der Waals surface area contributed by atoms with Crippen molar-refractivity contribution in [2.75, 3.05) is 19.6 Å². The molecule has 0 radical (unpaired) electrons. The monoisotopic (exact) mass is 345 g/mol. The molecule has 0 saturated carbocycles. The van der Waals surface area contributed by atoms with Gasteiger partial charge < -0.3 is 15.0 Å². The summed E-state index contributed by atoms with van der Waals surface area (Å²) >= 11 is 1.63. The van der Waals surface area contributed by atoms with Crippen molar-refractivity contribution in [2.45, 2.75) is 31.8 Å². The third-order valence-electron chi connectivity index (χ3n) is 4.21. The number of carbonyl (C=O) groups is 1. The molecule has 1 aromatic carbocycles. The van der Waals surface area contributed by atoms with Crippen molar-refractivity contribution in [3.05, 3.63) is 46.9 Å². The van der Waals surface area contributed by atoms with E-state index in [0.29, 0.717) is 6.54 Å². The highest BCUT2D eigenvalue weighted by molar-refractivity contribution is 7.09. The van der Waals surface area contributed by atoms with Gasteiger partial charge in [-0.3, -0.25) is 0 Å². The summed E-state index contributed by atoms with van der Waals surface area (Å²) < 4.78 is 5.97. The molecule has 0 unspecified atom stereocenters. The Morgan fingerprint density at radius 1 is 1.38 bits per heavy atom. The fraction of sp³-hybridized carbons (Fsp3) is 0.444. The number of nitrogens with zero attached hydrogens (tertiary/aromatic N) is 2. The van der Waals surface area contributed by atoms with E-state index in [1.54, 1.807) is 17.5 Å². The van der Waals surface area contributed by atoms with Gasteiger partial charge in [-0.2, -0.15) is 0 Å². The zero-order chi connectivity index (χ0) is 16.8. The summed E-state index contributed by atoms with van der Waals surface area (Å²) in [5.74, 6) is 1.14. The average molecular weight is 345 g/mol. The maximum atomic E-state index is 12.3. The summed E-state index contributed by atoms with van der Waals surface area (Å²) in [6.45, 7) is 4.16. The summed E-state index contributed by atoms with van der Waals surface area (Å²) in [7, 11) is 0. The van der Waals surface area contributed by atoms with Gasteiger partial charge in [0.05, 0.1) is 5.01 Å². The number of carbonyl (C=O) groups excluding carboxylic acids is 1. The second-order valence-corrected chi connectivity index (χ2v) is 7.00. The molecule has 1 fully saturated rings. The van der Waals surface area contributed by atoms with Crippen LogP contribution in [0.15, 0.2) is 41.9 Å². The van der Waals surface area contributed by atoms with Crippen LogP contribution < -0.4 is 10.1 Å². The Morgan fingerprint density at radius 2 is 2.12 bits per heavy atom. The summed E-state index contributed by atoms with van der Waals surface area (Å²) in [6, 6.07) is 9.88. The normalized spacial score (nSPS) is 16.6. The van der Waals surface area contributed by atoms with E-state index in [1.165, 1.54) is 0 Å². The molecule has 2 amide bonds. The molecule has 1 saturated heterocycles. The van der Waals surface area contributed by atoms with Crippen LogP contribution in [-0.4, -0.2) is 41.7 Å². The van der Waals surface area contributed by atoms with Crippen molar-refractivity contribution < 1.29 is 9.53 Å². The Bertz CT molecular complexity index is 625. The predicted octanol–water partition coefficient (Wildman–Crippen LogP) is 3.50. The first-order valence-corrected chi connectivity index (χ1v) is 9.24. The molecule has 24 heavy (non-hydrogen) atoms. The number of para-hydroxylation sites is 1. The largest absolute Gasteiger partial charge is 0.490 e. The van der Waals surface area contributed by atoms with Crippen LogP contribution in [0.1, 0.15) is 30.7 Å². The first kappa shape index (κ1) is 16.8. The molecule has 1 aliphatic rings. The van der Waals surface area contributed by atoms with Crippen LogP contribution in [0.25, 0.3) is 0 Å². The van der Waals surface area contributed by atoms with E-state index in [1.807, 2.05) is 40.6 Å². The van der Waals surface area contributed by atoms with Gasteiger partial charge in [0.1, 0.15) is 11.9 Å². The minimum atomic E-state index is 0.0107. The van der Waals surface area contributed by atoms with Crippen molar-refractivity contribution >= 4 is 17.4 Å². The van der Waals surface area contributed by atoms with Crippen molar-refractivity contribution in [1.82, 2.24) is 15.2 Å². The zero-order valence-electron chi connectivity index (χ0n) is 13.9. The Balaban J connectivity index is 1.40. The summed E-state index contributed by atoms with van der Waals surface area (Å²) in [6.07, 6.45) is 3.72. The molecular formula is C18H23N3O2S. The van der Waals surface area contributed by atoms with Gasteiger partial charge in [-0.1, -0.05) is 25.1 Å². The molecule has 1 aromatic heterocycles. The van der Waals surface area contributed by atoms with Crippen LogP contribution in [-0.2, 0) is 0 Å². The van der Waals surface area contributed by atoms with Crippen molar-refractivity contribution in [3.8, 4) is 5.75 Å². The molecule has 1 aliphatic heterocycles. The molecule has 5 nitrogen and oxygen atoms in total. The number of piperidine rings is 1. The van der Waals surface area contributed by atoms with E-state index >= 15 is 0 Å². The van der Waals surface area contributed by atoms with E-state index in [0.717, 1.165) is 36.7 Å². The molecule has 0 bridgehead atoms. The lowest BCUT2D eigenvalue weighted by Crippen LogP contribution is -2.47. The zero-order valence-corrected chi connectivity index (χ0v) is 14.7. The lowest BCUT2D eigenvalue weighted by Gasteiger charge is -2.32. The number of hydrogen-bond donors (Lipinski definition) is 1. The Hall–Kier alpha value is -2.08. The first-order chi connectivity index (χ1) is 11.7. The standard InChI is InChI=1S/C18H23N3O2S/c1-14(17-19-9-12-24-17)13-20-18(22)21-10-7-16(8-11-21)23-15-5-3-2-4-6-15/h2-6,9,12,14,16H,7-8,10-11,13H2,1H3,(H,20,22)/t14-/m0/s1. The van der Waals surface area contributed by atoms with Gasteiger partial charge in [-0.15, -0.1) is 11.3 Å². The Kier molecular flexibility index (Phi) is 5.69. The van der Waals surface area contributed by atoms with Crippen LogP contribution in [0.2, 0.25) is 0 Å². The van der Waals surface area contributed by atoms with Crippen LogP contribution in [0, 0.1) is 0 Å². The van der Waals surface area contributed by atoms with E-state index in [4.69, 9.17) is 4.74 Å². The van der Waals surface area contributed by atoms with Gasteiger partial charge in [0.25, 0.3) is 0 Å². The average Bonchev–Trinajstić information content (AvgIpc) is 3.16. The molecule has 1 atom stereocenters. The van der Waals surface area contributed by atoms with Crippen molar-refractivity contribution in [1.29, 1.82) is 0 Å². The number of benzene rings is 1. The number of amides is 2. The van der Waals surface area contributed by atoms with Gasteiger partial charge in [-0.25, -0.2) is 9.78 Å². The second-order valence-electron chi connectivity index (χ2n) is 6.07. The van der Waals surface area contributed by atoms with Crippen molar-refractivity contribution in [2.24, 2.45) is 0 Å². The van der Waals surface area contributed by atoms with E-state index in [9.17, 15) is 4.79 Å². The van der Waals surface area contributed by atoms with E-state index in [2.05, 4.69) is 17.2 Å². The highest BCUT2D eigenvalue weighted by atomic mass is 32.1. The molecule has 1 N–H and O–H groups in total. The third kappa shape index (κ3) is 4.47. The lowest BCUT2D eigenvalue weighted by atomic mass is 10.1. The molecule has 128 valence electrons. The molecule has 0 spiro atoms. The lowest BCUT2D eigenvalue weighted by molar-refractivity contribution is 0.111. The van der Waals surface area contributed by atoms with E-state index in [-0.39, 0.29) is 18.1 Å². The summed E-state index contributed by atoms with van der Waals surface area (Å²) in [5, 5.41) is 6.04. The van der Waals surface area contributed by atoms with Crippen LogP contribution >= 0.6 is 11.3 Å². The number of ether oxygens (including phenoxy) is 1. The third-order valence-corrected chi connectivity index (χ3v) is 5.21. The quantitative estimate of drug-likeness (QED) is 0.902. The Morgan fingerprint density at radius 3 is 2.79 bits per heavy atom. The fourth-order valence-corrected chi connectivity index (χ4v) is 3.48. The molecule has 3 rings (SSSR count). The minimum Gasteiger partial charge on any atom is -0.490 e. The molecule has 2 heterocycles. The molecular weight excluding hydrogens is 322 g/mol. The summed E-state index contributed by atoms with van der Waals surface area (Å²) in [5.41, 5.74) is 0. The number of hydrogen-bond acceptors (Lipinski definition) is 4. The number of rotatable bonds is 5. The summed E-state index contributed by atoms with van der Waals surface area (Å²) in [4.78, 5) is 18.5. The number of likely N-dealkylation sites (tertiary alicyclic amines) is 1. The fourth-order valence-electron chi connectivity index (χ4n) is 2.79. The van der Waals surface area contributed by atoms with Gasteiger partial charge in [0.15, 0.2) is 0 Å². The predicted molar refractivity (Wildman–Crippen MR) is 95.6 cm³/mol. The highest BCUT2D eigenvalue weighted by Gasteiger charge is 2.24. The highest BCUT2D eigenvalue weighted by Crippen LogP contribution is 2.19. The Labute approximate surface area is 146 Å².